The zero-order chi connectivity index (χ0) is 55.5. The number of rotatable bonds is 31. The molecular weight excluding hydrogens is 977 g/mol. The Morgan fingerprint density at radius 2 is 1.31 bits per heavy atom. The van der Waals surface area contributed by atoms with Crippen LogP contribution in [0.5, 0.6) is 11.5 Å². The van der Waals surface area contributed by atoms with E-state index in [1.165, 1.54) is 7.11 Å². The average Bonchev–Trinajstić information content (AvgIpc) is 4.17. The number of esters is 1. The van der Waals surface area contributed by atoms with Gasteiger partial charge in [0.05, 0.1) is 44.0 Å². The van der Waals surface area contributed by atoms with Gasteiger partial charge in [-0.2, -0.15) is 0 Å². The van der Waals surface area contributed by atoms with Gasteiger partial charge in [-0.15, -0.1) is 0 Å². The van der Waals surface area contributed by atoms with E-state index in [2.05, 4.69) is 15.8 Å². The molecule has 2 aliphatic rings. The van der Waals surface area contributed by atoms with Crippen molar-refractivity contribution >= 4 is 41.3 Å². The molecule has 2 aliphatic heterocycles. The van der Waals surface area contributed by atoms with Crippen LogP contribution in [0.15, 0.2) is 108 Å². The van der Waals surface area contributed by atoms with E-state index in [0.717, 1.165) is 27.8 Å². The molecule has 0 unspecified atom stereocenters. The number of nitrogens with zero attached hydrogens (tertiary/aromatic N) is 2. The molecule has 6 rings (SSSR count). The monoisotopic (exact) mass is 1060 g/mol. The summed E-state index contributed by atoms with van der Waals surface area (Å²) in [5.41, 5.74) is 3.54. The van der Waals surface area contributed by atoms with Crippen molar-refractivity contribution in [2.45, 2.75) is 124 Å². The van der Waals surface area contributed by atoms with E-state index < -0.39 is 47.3 Å². The Hall–Kier alpha value is -6.55. The minimum atomic E-state index is -0.943. The normalized spacial score (nSPS) is 17.5. The van der Waals surface area contributed by atoms with E-state index >= 15 is 0 Å². The highest BCUT2D eigenvalue weighted by atomic mass is 16.6. The number of nitrogens with one attached hydrogen (secondary N) is 2. The standard InChI is InChI=1S/C62H80N4O11/c1-42(2)31-53(55(68)36-51(33-46-17-13-10-14-18-46)60(71)65-54(32-43(3)4)58(69)62(7)41-76-62)64-59(70)50(25-23-45-15-11-9-12-16-45)35-52(67)39-66(27-29-74-30-28-66)38-49-24-26-56(77-61(72)44(5)6)57(34-49)75-40-48-21-19-47(20-22-48)37-63-73-8/h9-22,24,26,34,37,42-44,50-51,53-54H,23,25,27-33,35-36,38-41H2,1-8H3,(H-,64,65,70,71)/p+1/b63-37+/t50-,51-,53+,54+,62-/m1/s1. The molecule has 2 heterocycles. The molecule has 0 radical (unpaired) electrons. The third-order valence-corrected chi connectivity index (χ3v) is 14.3. The summed E-state index contributed by atoms with van der Waals surface area (Å²) in [5.74, 6) is -2.95. The molecule has 15 heteroatoms. The number of ketones is 3. The van der Waals surface area contributed by atoms with Crippen molar-refractivity contribution in [1.82, 2.24) is 10.6 Å². The van der Waals surface area contributed by atoms with Gasteiger partial charge < -0.3 is 38.9 Å². The van der Waals surface area contributed by atoms with Crippen LogP contribution in [0.25, 0.3) is 0 Å². The van der Waals surface area contributed by atoms with Crippen LogP contribution in [-0.4, -0.2) is 110 Å². The number of aryl methyl sites for hydroxylation is 1. The highest BCUT2D eigenvalue weighted by Gasteiger charge is 2.50. The molecule has 2 saturated heterocycles. The highest BCUT2D eigenvalue weighted by molar-refractivity contribution is 5.98. The predicted octanol–water partition coefficient (Wildman–Crippen LogP) is 8.60. The van der Waals surface area contributed by atoms with Crippen LogP contribution in [0.1, 0.15) is 108 Å². The maximum atomic E-state index is 14.8. The molecule has 77 heavy (non-hydrogen) atoms. The van der Waals surface area contributed by atoms with Crippen molar-refractivity contribution < 1.29 is 57.0 Å². The maximum absolute atomic E-state index is 14.8. The second kappa shape index (κ2) is 28.7. The lowest BCUT2D eigenvalue weighted by atomic mass is 9.87. The Bertz CT molecular complexity index is 2610. The van der Waals surface area contributed by atoms with Crippen LogP contribution in [0.4, 0.5) is 0 Å². The van der Waals surface area contributed by atoms with E-state index in [9.17, 15) is 28.8 Å². The van der Waals surface area contributed by atoms with Crippen LogP contribution in [0.2, 0.25) is 0 Å². The number of hydrogen-bond acceptors (Lipinski definition) is 12. The summed E-state index contributed by atoms with van der Waals surface area (Å²) in [6.45, 7) is 16.2. The third-order valence-electron chi connectivity index (χ3n) is 14.3. The fourth-order valence-corrected chi connectivity index (χ4v) is 9.75. The number of ether oxygens (including phenoxy) is 4. The topological polar surface area (TPSA) is 188 Å². The van der Waals surface area contributed by atoms with Crippen LogP contribution < -0.4 is 20.1 Å². The lowest BCUT2D eigenvalue weighted by Gasteiger charge is -2.41. The largest absolute Gasteiger partial charge is 0.485 e. The maximum Gasteiger partial charge on any atom is 0.313 e. The number of hydrogen-bond donors (Lipinski definition) is 2. The number of carbonyl (C=O) groups is 6. The SMILES string of the molecule is CO/N=C/c1ccc(COc2cc(C[N+]3(CC(=O)C[C@@H](CCc4ccccc4)C(=O)N[C@@H](CC(C)C)C(=O)C[C@@H](Cc4ccccc4)C(=O)N[C@@H](CC(C)C)C(=O)[C@@]4(C)CO4)CCOCC3)ccc2OC(=O)C(C)C)cc1. The molecule has 4 aromatic rings. The first-order valence-electron chi connectivity index (χ1n) is 27.3. The average molecular weight is 1060 g/mol. The summed E-state index contributed by atoms with van der Waals surface area (Å²) < 4.78 is 23.9. The van der Waals surface area contributed by atoms with Crippen molar-refractivity contribution in [2.24, 2.45) is 34.7 Å². The molecule has 0 aliphatic carbocycles. The lowest BCUT2D eigenvalue weighted by molar-refractivity contribution is -0.940. The third kappa shape index (κ3) is 18.9. The van der Waals surface area contributed by atoms with E-state index in [0.29, 0.717) is 75.4 Å². The Balaban J connectivity index is 1.21. The molecule has 5 atom stereocenters. The number of oxime groups is 1. The van der Waals surface area contributed by atoms with Gasteiger partial charge in [-0.3, -0.25) is 28.8 Å². The first kappa shape index (κ1) is 59.7. The van der Waals surface area contributed by atoms with Crippen molar-refractivity contribution in [2.75, 3.05) is 46.6 Å². The van der Waals surface area contributed by atoms with Crippen molar-refractivity contribution in [3.05, 3.63) is 131 Å². The number of amides is 2. The zero-order valence-electron chi connectivity index (χ0n) is 46.4. The van der Waals surface area contributed by atoms with Crippen LogP contribution in [0, 0.1) is 29.6 Å². The number of benzene rings is 4. The summed E-state index contributed by atoms with van der Waals surface area (Å²) in [7, 11) is 1.48. The Morgan fingerprint density at radius 1 is 0.714 bits per heavy atom. The number of Topliss-reactive ketones (excluding diaryl/α,β-unsaturated/α-hetero) is 3. The lowest BCUT2D eigenvalue weighted by Crippen LogP contribution is -2.57. The second-order valence-electron chi connectivity index (χ2n) is 22.3. The molecule has 2 N–H and O–H groups in total. The molecular formula is C62H81N4O11+. The Labute approximate surface area is 455 Å². The molecule has 0 bridgehead atoms. The van der Waals surface area contributed by atoms with Gasteiger partial charge in [-0.25, -0.2) is 0 Å². The molecule has 0 spiro atoms. The summed E-state index contributed by atoms with van der Waals surface area (Å²) >= 11 is 0. The second-order valence-corrected chi connectivity index (χ2v) is 22.3. The molecule has 0 saturated carbocycles. The number of quaternary nitrogens is 1. The van der Waals surface area contributed by atoms with Crippen molar-refractivity contribution in [3.8, 4) is 11.5 Å². The predicted molar refractivity (Wildman–Crippen MR) is 295 cm³/mol. The van der Waals surface area contributed by atoms with Gasteiger partial charge in [0.2, 0.25) is 11.8 Å². The molecule has 4 aromatic carbocycles. The van der Waals surface area contributed by atoms with Gasteiger partial charge in [0, 0.05) is 30.2 Å². The molecule has 15 nitrogen and oxygen atoms in total. The summed E-state index contributed by atoms with van der Waals surface area (Å²) in [4.78, 5) is 89.7. The molecule has 2 fully saturated rings. The summed E-state index contributed by atoms with van der Waals surface area (Å²) in [5, 5.41) is 9.94. The molecule has 2 amide bonds. The smallest absolute Gasteiger partial charge is 0.313 e. The summed E-state index contributed by atoms with van der Waals surface area (Å²) in [6.07, 6.45) is 3.27. The van der Waals surface area contributed by atoms with Crippen LogP contribution in [0.3, 0.4) is 0 Å². The number of morpholine rings is 1. The van der Waals surface area contributed by atoms with Gasteiger partial charge in [0.15, 0.2) is 28.8 Å². The fourth-order valence-electron chi connectivity index (χ4n) is 9.75. The Morgan fingerprint density at radius 3 is 1.92 bits per heavy atom. The van der Waals surface area contributed by atoms with E-state index in [1.54, 1.807) is 33.1 Å². The zero-order valence-corrected chi connectivity index (χ0v) is 46.4. The Kier molecular flexibility index (Phi) is 22.3. The number of carbonyl (C=O) groups excluding carboxylic acids is 6. The first-order chi connectivity index (χ1) is 36.8. The highest BCUT2D eigenvalue weighted by Crippen LogP contribution is 2.33. The summed E-state index contributed by atoms with van der Waals surface area (Å²) in [6, 6.07) is 30.7. The fraction of sp³-hybridized carbons (Fsp3) is 0.500. The number of epoxide rings is 1. The van der Waals surface area contributed by atoms with Crippen molar-refractivity contribution in [1.29, 1.82) is 0 Å². The first-order valence-corrected chi connectivity index (χ1v) is 27.3. The minimum absolute atomic E-state index is 0.00325. The van der Waals surface area contributed by atoms with Gasteiger partial charge in [0.25, 0.3) is 0 Å². The van der Waals surface area contributed by atoms with Gasteiger partial charge in [-0.1, -0.05) is 132 Å². The van der Waals surface area contributed by atoms with Gasteiger partial charge in [0.1, 0.15) is 45.5 Å². The minimum Gasteiger partial charge on any atom is -0.485 e. The quantitative estimate of drug-likeness (QED) is 0.0123. The molecule has 414 valence electrons. The van der Waals surface area contributed by atoms with E-state index in [1.807, 2.05) is 125 Å². The van der Waals surface area contributed by atoms with E-state index in [4.69, 9.17) is 23.8 Å². The van der Waals surface area contributed by atoms with Crippen molar-refractivity contribution in [3.63, 3.8) is 0 Å². The van der Waals surface area contributed by atoms with E-state index in [-0.39, 0.29) is 73.3 Å². The van der Waals surface area contributed by atoms with Crippen LogP contribution in [-0.2, 0) is 69.1 Å². The van der Waals surface area contributed by atoms with Gasteiger partial charge >= 0.3 is 5.97 Å². The van der Waals surface area contributed by atoms with Crippen LogP contribution >= 0.6 is 0 Å². The molecule has 0 aromatic heterocycles. The van der Waals surface area contributed by atoms with Gasteiger partial charge in [-0.05, 0) is 91.3 Å².